The van der Waals surface area contributed by atoms with Crippen molar-refractivity contribution in [1.29, 1.82) is 0 Å². The van der Waals surface area contributed by atoms with Crippen molar-refractivity contribution in [2.75, 3.05) is 0 Å². The number of nitrogens with one attached hydrogen (secondary N) is 2. The molecule has 0 amide bonds. The summed E-state index contributed by atoms with van der Waals surface area (Å²) < 4.78 is 14.4. The molecule has 1 aromatic carbocycles. The molecule has 0 spiro atoms. The van der Waals surface area contributed by atoms with Crippen molar-refractivity contribution in [1.82, 2.24) is 20.2 Å². The standard InChI is InChI=1S/C14H11FN4S/c15-9-5-1-4-8-11(13-17-14(20)19-18-13)7-3-2-6-10(7)16-12(8)9/h1,4-5H,2-3,6H2,(H2,17,18,19,20). The molecule has 20 heavy (non-hydrogen) atoms. The SMILES string of the molecule is Fc1cccc2c(-c3nc(=S)[nH][nH]3)c3c(nc12)CCC3. The van der Waals surface area contributed by atoms with E-state index >= 15 is 0 Å². The first-order chi connectivity index (χ1) is 9.74. The molecule has 2 N–H and O–H groups in total. The lowest BCUT2D eigenvalue weighted by Gasteiger charge is -2.10. The summed E-state index contributed by atoms with van der Waals surface area (Å²) in [7, 11) is 0. The molecule has 2 aromatic heterocycles. The topological polar surface area (TPSA) is 57.4 Å². The third-order valence-corrected chi connectivity index (χ3v) is 3.92. The number of aromatic amines is 2. The Morgan fingerprint density at radius 2 is 2.05 bits per heavy atom. The van der Waals surface area contributed by atoms with E-state index < -0.39 is 0 Å². The molecule has 0 bridgehead atoms. The van der Waals surface area contributed by atoms with Crippen LogP contribution >= 0.6 is 12.2 Å². The second-order valence-corrected chi connectivity index (χ2v) is 5.30. The van der Waals surface area contributed by atoms with Gasteiger partial charge in [0.15, 0.2) is 5.82 Å². The van der Waals surface area contributed by atoms with Crippen molar-refractivity contribution in [3.05, 3.63) is 40.0 Å². The number of fused-ring (bicyclic) bond motifs is 2. The van der Waals surface area contributed by atoms with Crippen molar-refractivity contribution in [2.45, 2.75) is 19.3 Å². The van der Waals surface area contributed by atoms with Gasteiger partial charge in [0, 0.05) is 16.6 Å². The highest BCUT2D eigenvalue weighted by molar-refractivity contribution is 7.71. The van der Waals surface area contributed by atoms with Crippen LogP contribution in [0.15, 0.2) is 18.2 Å². The first-order valence-electron chi connectivity index (χ1n) is 6.49. The van der Waals surface area contributed by atoms with Crippen LogP contribution in [0.1, 0.15) is 17.7 Å². The number of hydrogen-bond acceptors (Lipinski definition) is 3. The number of pyridine rings is 1. The number of para-hydroxylation sites is 1. The molecule has 0 fully saturated rings. The molecule has 4 rings (SSSR count). The van der Waals surface area contributed by atoms with Gasteiger partial charge in [0.05, 0.1) is 0 Å². The molecule has 3 aromatic rings. The molecule has 0 unspecified atom stereocenters. The fraction of sp³-hybridized carbons (Fsp3) is 0.214. The number of hydrogen-bond donors (Lipinski definition) is 2. The Balaban J connectivity index is 2.17. The summed E-state index contributed by atoms with van der Waals surface area (Å²) in [6.45, 7) is 0. The molecule has 0 atom stereocenters. The first-order valence-corrected chi connectivity index (χ1v) is 6.90. The van der Waals surface area contributed by atoms with E-state index in [2.05, 4.69) is 20.2 Å². The van der Waals surface area contributed by atoms with Gasteiger partial charge in [-0.1, -0.05) is 12.1 Å². The smallest absolute Gasteiger partial charge is 0.213 e. The molecule has 0 saturated heterocycles. The van der Waals surface area contributed by atoms with Gasteiger partial charge in [0.25, 0.3) is 0 Å². The van der Waals surface area contributed by atoms with Crippen molar-refractivity contribution in [3.63, 3.8) is 0 Å². The zero-order chi connectivity index (χ0) is 13.7. The van der Waals surface area contributed by atoms with Crippen LogP contribution in [0.4, 0.5) is 4.39 Å². The summed E-state index contributed by atoms with van der Waals surface area (Å²) in [5.74, 6) is 0.360. The lowest BCUT2D eigenvalue weighted by molar-refractivity contribution is 0.636. The van der Waals surface area contributed by atoms with Crippen molar-refractivity contribution in [2.24, 2.45) is 0 Å². The Kier molecular flexibility index (Phi) is 2.47. The molecule has 2 heterocycles. The molecule has 4 nitrogen and oxygen atoms in total. The van der Waals surface area contributed by atoms with Crippen LogP contribution in [-0.4, -0.2) is 20.2 Å². The van der Waals surface area contributed by atoms with Gasteiger partial charge < -0.3 is 0 Å². The van der Waals surface area contributed by atoms with E-state index in [1.807, 2.05) is 6.07 Å². The van der Waals surface area contributed by atoms with E-state index in [4.69, 9.17) is 12.2 Å². The molecule has 0 aliphatic heterocycles. The maximum atomic E-state index is 14.0. The van der Waals surface area contributed by atoms with E-state index in [0.29, 0.717) is 16.1 Å². The summed E-state index contributed by atoms with van der Waals surface area (Å²) in [5.41, 5.74) is 3.46. The van der Waals surface area contributed by atoms with Crippen LogP contribution in [-0.2, 0) is 12.8 Å². The van der Waals surface area contributed by atoms with Crippen molar-refractivity contribution in [3.8, 4) is 11.4 Å². The summed E-state index contributed by atoms with van der Waals surface area (Å²) in [5, 5.41) is 6.56. The van der Waals surface area contributed by atoms with E-state index in [9.17, 15) is 4.39 Å². The van der Waals surface area contributed by atoms with Crippen molar-refractivity contribution >= 4 is 23.1 Å². The average molecular weight is 286 g/mol. The highest BCUT2D eigenvalue weighted by Gasteiger charge is 2.23. The van der Waals surface area contributed by atoms with Gasteiger partial charge >= 0.3 is 0 Å². The summed E-state index contributed by atoms with van der Waals surface area (Å²) >= 11 is 5.02. The van der Waals surface area contributed by atoms with Gasteiger partial charge in [-0.3, -0.25) is 10.2 Å². The summed E-state index contributed by atoms with van der Waals surface area (Å²) in [4.78, 5) is 8.79. The molecule has 100 valence electrons. The number of halogens is 1. The third-order valence-electron chi connectivity index (χ3n) is 3.73. The zero-order valence-corrected chi connectivity index (χ0v) is 11.4. The third kappa shape index (κ3) is 1.61. The first kappa shape index (κ1) is 11.7. The fourth-order valence-corrected chi connectivity index (χ4v) is 3.05. The normalized spacial score (nSPS) is 13.8. The molecule has 0 saturated carbocycles. The number of benzene rings is 1. The number of rotatable bonds is 1. The Morgan fingerprint density at radius 1 is 1.15 bits per heavy atom. The Labute approximate surface area is 119 Å². The quantitative estimate of drug-likeness (QED) is 0.675. The van der Waals surface area contributed by atoms with Crippen molar-refractivity contribution < 1.29 is 4.39 Å². The summed E-state index contributed by atoms with van der Waals surface area (Å²) in [6, 6.07) is 5.02. The highest BCUT2D eigenvalue weighted by atomic mass is 32.1. The van der Waals surface area contributed by atoms with Gasteiger partial charge in [-0.25, -0.2) is 9.37 Å². The minimum atomic E-state index is -0.299. The second-order valence-electron chi connectivity index (χ2n) is 4.92. The van der Waals surface area contributed by atoms with Crippen LogP contribution in [0, 0.1) is 10.6 Å². The lowest BCUT2D eigenvalue weighted by Crippen LogP contribution is -1.98. The van der Waals surface area contributed by atoms with Gasteiger partial charge in [-0.05, 0) is 43.1 Å². The van der Waals surface area contributed by atoms with Gasteiger partial charge in [0.2, 0.25) is 4.77 Å². The lowest BCUT2D eigenvalue weighted by atomic mass is 10.0. The molecule has 0 radical (unpaired) electrons. The molecular weight excluding hydrogens is 275 g/mol. The van der Waals surface area contributed by atoms with Crippen LogP contribution < -0.4 is 0 Å². The maximum Gasteiger partial charge on any atom is 0.213 e. The Morgan fingerprint density at radius 3 is 2.85 bits per heavy atom. The van der Waals surface area contributed by atoms with E-state index in [-0.39, 0.29) is 5.82 Å². The van der Waals surface area contributed by atoms with Crippen LogP contribution in [0.3, 0.4) is 0 Å². The predicted molar refractivity (Wildman–Crippen MR) is 76.5 cm³/mol. The summed E-state index contributed by atoms with van der Waals surface area (Å²) in [6.07, 6.45) is 2.87. The minimum Gasteiger partial charge on any atom is -0.282 e. The monoisotopic (exact) mass is 286 g/mol. The zero-order valence-electron chi connectivity index (χ0n) is 10.5. The Hall–Kier alpha value is -2.08. The molecular formula is C14H11FN4S. The second kappa shape index (κ2) is 4.21. The van der Waals surface area contributed by atoms with E-state index in [1.54, 1.807) is 6.07 Å². The van der Waals surface area contributed by atoms with Crippen LogP contribution in [0.25, 0.3) is 22.3 Å². The number of aryl methyl sites for hydroxylation is 1. The van der Waals surface area contributed by atoms with E-state index in [0.717, 1.165) is 41.5 Å². The van der Waals surface area contributed by atoms with Gasteiger partial charge in [0.1, 0.15) is 11.3 Å². The molecule has 1 aliphatic rings. The number of H-pyrrole nitrogens is 2. The Bertz CT molecular complexity index is 881. The predicted octanol–water partition coefficient (Wildman–Crippen LogP) is 3.31. The van der Waals surface area contributed by atoms with E-state index in [1.165, 1.54) is 6.07 Å². The van der Waals surface area contributed by atoms with Gasteiger partial charge in [-0.15, -0.1) is 0 Å². The largest absolute Gasteiger partial charge is 0.282 e. The molecule has 6 heteroatoms. The number of aromatic nitrogens is 4. The minimum absolute atomic E-state index is 0.299. The maximum absolute atomic E-state index is 14.0. The highest BCUT2D eigenvalue weighted by Crippen LogP contribution is 2.36. The van der Waals surface area contributed by atoms with Gasteiger partial charge in [-0.2, -0.15) is 4.98 Å². The molecule has 1 aliphatic carbocycles. The fourth-order valence-electron chi connectivity index (χ4n) is 2.91. The number of nitrogens with zero attached hydrogens (tertiary/aromatic N) is 2. The van der Waals surface area contributed by atoms with Crippen LogP contribution in [0.2, 0.25) is 0 Å². The average Bonchev–Trinajstić information content (AvgIpc) is 3.05. The van der Waals surface area contributed by atoms with Crippen LogP contribution in [0.5, 0.6) is 0 Å².